The number of aryl methyl sites for hydroxylation is 1. The Labute approximate surface area is 198 Å². The van der Waals surface area contributed by atoms with Crippen LogP contribution in [0.4, 0.5) is 0 Å². The van der Waals surface area contributed by atoms with Gasteiger partial charge in [0.05, 0.1) is 4.90 Å². The standard InChI is InChI=1S/C26H35N3O3S/c1-21-12-13-24(33(31,32)29-16-8-3-9-17-29)18-25(21)26(30)27-19-22-10-4-5-11-23(22)20-28-14-6-2-7-15-28/h4-5,10-13,18H,2-3,6-9,14-17,19-20H2,1H3,(H,27,30). The molecule has 7 heteroatoms. The van der Waals surface area contributed by atoms with Gasteiger partial charge in [-0.15, -0.1) is 0 Å². The first-order valence-corrected chi connectivity index (χ1v) is 13.6. The van der Waals surface area contributed by atoms with Crippen LogP contribution in [0.25, 0.3) is 0 Å². The molecule has 2 heterocycles. The molecule has 0 unspecified atom stereocenters. The second-order valence-corrected chi connectivity index (χ2v) is 11.2. The summed E-state index contributed by atoms with van der Waals surface area (Å²) >= 11 is 0. The predicted molar refractivity (Wildman–Crippen MR) is 131 cm³/mol. The lowest BCUT2D eigenvalue weighted by molar-refractivity contribution is 0.0950. The molecule has 33 heavy (non-hydrogen) atoms. The Morgan fingerprint density at radius 2 is 1.52 bits per heavy atom. The number of sulfonamides is 1. The van der Waals surface area contributed by atoms with Gasteiger partial charge in [0.15, 0.2) is 0 Å². The fourth-order valence-corrected chi connectivity index (χ4v) is 6.32. The molecule has 0 saturated carbocycles. The number of likely N-dealkylation sites (tertiary alicyclic amines) is 1. The Hall–Kier alpha value is -2.22. The summed E-state index contributed by atoms with van der Waals surface area (Å²) in [5.74, 6) is -0.240. The molecule has 0 bridgehead atoms. The molecule has 0 radical (unpaired) electrons. The van der Waals surface area contributed by atoms with Gasteiger partial charge in [-0.2, -0.15) is 4.31 Å². The number of nitrogens with one attached hydrogen (secondary N) is 1. The monoisotopic (exact) mass is 469 g/mol. The minimum atomic E-state index is -3.58. The predicted octanol–water partition coefficient (Wildman–Crippen LogP) is 4.09. The van der Waals surface area contributed by atoms with E-state index in [1.165, 1.54) is 30.9 Å². The third kappa shape index (κ3) is 5.83. The van der Waals surface area contributed by atoms with Crippen LogP contribution in [0.15, 0.2) is 47.4 Å². The minimum Gasteiger partial charge on any atom is -0.348 e. The number of hydrogen-bond donors (Lipinski definition) is 1. The van der Waals surface area contributed by atoms with Gasteiger partial charge >= 0.3 is 0 Å². The van der Waals surface area contributed by atoms with E-state index in [1.807, 2.05) is 19.1 Å². The van der Waals surface area contributed by atoms with Gasteiger partial charge in [0.2, 0.25) is 10.0 Å². The number of hydrogen-bond acceptors (Lipinski definition) is 4. The number of nitrogens with zero attached hydrogens (tertiary/aromatic N) is 2. The molecule has 6 nitrogen and oxygen atoms in total. The van der Waals surface area contributed by atoms with Gasteiger partial charge in [-0.05, 0) is 74.5 Å². The lowest BCUT2D eigenvalue weighted by Gasteiger charge is -2.27. The topological polar surface area (TPSA) is 69.7 Å². The van der Waals surface area contributed by atoms with E-state index in [4.69, 9.17) is 0 Å². The number of carbonyl (C=O) groups is 1. The highest BCUT2D eigenvalue weighted by Gasteiger charge is 2.27. The average Bonchev–Trinajstić information content (AvgIpc) is 2.84. The molecule has 2 saturated heterocycles. The number of rotatable bonds is 7. The molecular formula is C26H35N3O3S. The zero-order valence-corrected chi connectivity index (χ0v) is 20.4. The second-order valence-electron chi connectivity index (χ2n) is 9.23. The van der Waals surface area contributed by atoms with Gasteiger partial charge in [0.1, 0.15) is 0 Å². The van der Waals surface area contributed by atoms with E-state index in [2.05, 4.69) is 22.3 Å². The van der Waals surface area contributed by atoms with E-state index in [0.29, 0.717) is 25.2 Å². The van der Waals surface area contributed by atoms with E-state index in [-0.39, 0.29) is 10.8 Å². The van der Waals surface area contributed by atoms with E-state index < -0.39 is 10.0 Å². The van der Waals surface area contributed by atoms with Crippen LogP contribution in [0.1, 0.15) is 65.6 Å². The quantitative estimate of drug-likeness (QED) is 0.663. The summed E-state index contributed by atoms with van der Waals surface area (Å²) in [7, 11) is -3.58. The van der Waals surface area contributed by atoms with Crippen molar-refractivity contribution < 1.29 is 13.2 Å². The van der Waals surface area contributed by atoms with Crippen molar-refractivity contribution in [1.82, 2.24) is 14.5 Å². The van der Waals surface area contributed by atoms with Crippen molar-refractivity contribution in [3.05, 3.63) is 64.7 Å². The lowest BCUT2D eigenvalue weighted by atomic mass is 10.0. The summed E-state index contributed by atoms with van der Waals surface area (Å²) < 4.78 is 27.7. The van der Waals surface area contributed by atoms with Crippen LogP contribution in [-0.2, 0) is 23.1 Å². The van der Waals surface area contributed by atoms with Crippen molar-refractivity contribution in [2.24, 2.45) is 0 Å². The fourth-order valence-electron chi connectivity index (χ4n) is 4.77. The van der Waals surface area contributed by atoms with Crippen molar-refractivity contribution in [3.63, 3.8) is 0 Å². The summed E-state index contributed by atoms with van der Waals surface area (Å²) in [6, 6.07) is 13.1. The van der Waals surface area contributed by atoms with Gasteiger partial charge in [0, 0.05) is 31.7 Å². The van der Waals surface area contributed by atoms with E-state index in [0.717, 1.165) is 50.0 Å². The van der Waals surface area contributed by atoms with Gasteiger partial charge in [0.25, 0.3) is 5.91 Å². The first kappa shape index (κ1) is 23.9. The summed E-state index contributed by atoms with van der Waals surface area (Å²) in [6.45, 7) is 6.50. The average molecular weight is 470 g/mol. The maximum absolute atomic E-state index is 13.1. The molecule has 1 N–H and O–H groups in total. The molecule has 178 valence electrons. The molecule has 4 rings (SSSR count). The summed E-state index contributed by atoms with van der Waals surface area (Å²) in [5, 5.41) is 3.03. The molecule has 2 fully saturated rings. The maximum atomic E-state index is 13.1. The fraction of sp³-hybridized carbons (Fsp3) is 0.500. The zero-order chi connectivity index (χ0) is 23.3. The Morgan fingerprint density at radius 3 is 2.21 bits per heavy atom. The maximum Gasteiger partial charge on any atom is 0.251 e. The Morgan fingerprint density at radius 1 is 0.879 bits per heavy atom. The SMILES string of the molecule is Cc1ccc(S(=O)(=O)N2CCCCC2)cc1C(=O)NCc1ccccc1CN1CCCCC1. The van der Waals surface area contributed by atoms with Gasteiger partial charge in [-0.1, -0.05) is 43.2 Å². The van der Waals surface area contributed by atoms with Crippen LogP contribution in [0.3, 0.4) is 0 Å². The number of carbonyl (C=O) groups excluding carboxylic acids is 1. The van der Waals surface area contributed by atoms with Crippen LogP contribution >= 0.6 is 0 Å². The molecule has 0 spiro atoms. The molecule has 1 amide bonds. The van der Waals surface area contributed by atoms with E-state index in [1.54, 1.807) is 16.4 Å². The van der Waals surface area contributed by atoms with Crippen LogP contribution in [0, 0.1) is 6.92 Å². The van der Waals surface area contributed by atoms with Crippen molar-refractivity contribution in [1.29, 1.82) is 0 Å². The Bertz CT molecular complexity index is 1070. The number of amides is 1. The van der Waals surface area contributed by atoms with Crippen LogP contribution in [-0.4, -0.2) is 49.7 Å². The zero-order valence-electron chi connectivity index (χ0n) is 19.6. The van der Waals surface area contributed by atoms with Crippen LogP contribution in [0.2, 0.25) is 0 Å². The molecule has 2 aliphatic heterocycles. The van der Waals surface area contributed by atoms with Crippen LogP contribution < -0.4 is 5.32 Å². The molecule has 2 aromatic rings. The highest BCUT2D eigenvalue weighted by Crippen LogP contribution is 2.23. The lowest BCUT2D eigenvalue weighted by Crippen LogP contribution is -2.35. The van der Waals surface area contributed by atoms with Gasteiger partial charge < -0.3 is 5.32 Å². The first-order chi connectivity index (χ1) is 15.9. The van der Waals surface area contributed by atoms with Crippen molar-refractivity contribution >= 4 is 15.9 Å². The summed E-state index contributed by atoms with van der Waals surface area (Å²) in [5.41, 5.74) is 3.53. The molecule has 0 aromatic heterocycles. The molecule has 2 aromatic carbocycles. The second kappa shape index (κ2) is 10.8. The smallest absolute Gasteiger partial charge is 0.251 e. The number of piperidine rings is 2. The summed E-state index contributed by atoms with van der Waals surface area (Å²) in [6.07, 6.45) is 6.63. The molecule has 0 atom stereocenters. The first-order valence-electron chi connectivity index (χ1n) is 12.1. The van der Waals surface area contributed by atoms with E-state index >= 15 is 0 Å². The Kier molecular flexibility index (Phi) is 7.83. The van der Waals surface area contributed by atoms with E-state index in [9.17, 15) is 13.2 Å². The third-order valence-corrected chi connectivity index (χ3v) is 8.70. The molecular weight excluding hydrogens is 434 g/mol. The summed E-state index contributed by atoms with van der Waals surface area (Å²) in [4.78, 5) is 15.7. The number of benzene rings is 2. The third-order valence-electron chi connectivity index (χ3n) is 6.81. The van der Waals surface area contributed by atoms with Crippen LogP contribution in [0.5, 0.6) is 0 Å². The van der Waals surface area contributed by atoms with Crippen molar-refractivity contribution in [3.8, 4) is 0 Å². The van der Waals surface area contributed by atoms with Gasteiger partial charge in [-0.25, -0.2) is 8.42 Å². The molecule has 0 aliphatic carbocycles. The largest absolute Gasteiger partial charge is 0.348 e. The normalized spacial score (nSPS) is 18.2. The highest BCUT2D eigenvalue weighted by atomic mass is 32.2. The van der Waals surface area contributed by atoms with Crippen molar-refractivity contribution in [2.75, 3.05) is 26.2 Å². The Balaban J connectivity index is 1.46. The highest BCUT2D eigenvalue weighted by molar-refractivity contribution is 7.89. The van der Waals surface area contributed by atoms with Gasteiger partial charge in [-0.3, -0.25) is 9.69 Å². The molecule has 2 aliphatic rings. The minimum absolute atomic E-state index is 0.200. The van der Waals surface area contributed by atoms with Crippen molar-refractivity contribution in [2.45, 2.75) is 63.4 Å².